The van der Waals surface area contributed by atoms with Crippen molar-refractivity contribution in [2.75, 3.05) is 11.9 Å². The van der Waals surface area contributed by atoms with Crippen molar-refractivity contribution in [1.29, 1.82) is 0 Å². The van der Waals surface area contributed by atoms with Crippen molar-refractivity contribution in [2.45, 2.75) is 26.0 Å². The van der Waals surface area contributed by atoms with Crippen molar-refractivity contribution in [3.8, 4) is 0 Å². The van der Waals surface area contributed by atoms with Crippen LogP contribution in [-0.2, 0) is 7.05 Å². The van der Waals surface area contributed by atoms with Crippen LogP contribution in [-0.4, -0.2) is 38.5 Å². The molecule has 1 aromatic rings. The van der Waals surface area contributed by atoms with E-state index in [0.717, 1.165) is 0 Å². The number of aliphatic hydroxyl groups is 1. The highest BCUT2D eigenvalue weighted by molar-refractivity contribution is 5.59. The van der Waals surface area contributed by atoms with Crippen LogP contribution in [0.15, 0.2) is 0 Å². The molecule has 8 heteroatoms. The lowest BCUT2D eigenvalue weighted by atomic mass is 10.2. The maximum Gasteiger partial charge on any atom is 0.333 e. The minimum absolute atomic E-state index is 0.0645. The molecule has 0 amide bonds. The normalized spacial score (nSPS) is 14.4. The third-order valence-corrected chi connectivity index (χ3v) is 2.50. The van der Waals surface area contributed by atoms with Crippen LogP contribution in [0.25, 0.3) is 0 Å². The molecule has 0 saturated carbocycles. The Morgan fingerprint density at radius 3 is 2.76 bits per heavy atom. The monoisotopic (exact) mass is 243 g/mol. The van der Waals surface area contributed by atoms with Crippen LogP contribution in [0.1, 0.15) is 12.6 Å². The third-order valence-electron chi connectivity index (χ3n) is 2.50. The number of aliphatic hydroxyl groups excluding tert-OH is 1. The summed E-state index contributed by atoms with van der Waals surface area (Å²) in [5.41, 5.74) is 5.91. The van der Waals surface area contributed by atoms with Gasteiger partial charge in [0.15, 0.2) is 0 Å². The van der Waals surface area contributed by atoms with E-state index in [-0.39, 0.29) is 12.2 Å². The maximum atomic E-state index is 10.9. The summed E-state index contributed by atoms with van der Waals surface area (Å²) in [7, 11) is 1.61. The number of anilines is 1. The Morgan fingerprint density at radius 2 is 2.29 bits per heavy atom. The highest BCUT2D eigenvalue weighted by Gasteiger charge is 2.24. The number of hydrogen-bond donors (Lipinski definition) is 3. The minimum Gasteiger partial charge on any atom is -0.392 e. The Labute approximate surface area is 98.6 Å². The van der Waals surface area contributed by atoms with Crippen LogP contribution in [0.2, 0.25) is 0 Å². The number of aryl methyl sites for hydroxylation is 2. The van der Waals surface area contributed by atoms with E-state index in [4.69, 9.17) is 5.73 Å². The molecule has 0 spiro atoms. The van der Waals surface area contributed by atoms with Gasteiger partial charge in [-0.15, -0.1) is 0 Å². The predicted octanol–water partition coefficient (Wildman–Crippen LogP) is -0.243. The molecule has 4 N–H and O–H groups in total. The number of nitrogens with two attached hydrogens (primary N) is 1. The number of nitro groups is 1. The van der Waals surface area contributed by atoms with Gasteiger partial charge in [0, 0.05) is 19.6 Å². The van der Waals surface area contributed by atoms with Gasteiger partial charge >= 0.3 is 5.69 Å². The Kier molecular flexibility index (Phi) is 4.02. The van der Waals surface area contributed by atoms with Crippen LogP contribution in [0, 0.1) is 17.0 Å². The first kappa shape index (κ1) is 13.4. The summed E-state index contributed by atoms with van der Waals surface area (Å²) in [5, 5.41) is 26.9. The van der Waals surface area contributed by atoms with Crippen molar-refractivity contribution < 1.29 is 10.0 Å². The molecular formula is C9H17N5O3. The molecule has 0 aliphatic carbocycles. The molecule has 96 valence electrons. The molecule has 0 aliphatic rings. The summed E-state index contributed by atoms with van der Waals surface area (Å²) < 4.78 is 1.39. The van der Waals surface area contributed by atoms with Crippen molar-refractivity contribution >= 4 is 11.5 Å². The number of hydrogen-bond acceptors (Lipinski definition) is 6. The topological polar surface area (TPSA) is 119 Å². The third kappa shape index (κ3) is 2.92. The lowest BCUT2D eigenvalue weighted by Crippen LogP contribution is -2.39. The standard InChI is InChI=1S/C9H17N5O3/c1-5-8(14(16)17)9(13(3)12-5)11-4-7(10)6(2)15/h6-7,11,15H,4,10H2,1-3H3. The first-order chi connectivity index (χ1) is 7.84. The average molecular weight is 243 g/mol. The zero-order valence-corrected chi connectivity index (χ0v) is 10.0. The fourth-order valence-corrected chi connectivity index (χ4v) is 1.45. The molecule has 0 fully saturated rings. The van der Waals surface area contributed by atoms with Gasteiger partial charge in [-0.3, -0.25) is 10.1 Å². The quantitative estimate of drug-likeness (QED) is 0.485. The summed E-state index contributed by atoms with van der Waals surface area (Å²) >= 11 is 0. The lowest BCUT2D eigenvalue weighted by molar-refractivity contribution is -0.384. The van der Waals surface area contributed by atoms with E-state index in [0.29, 0.717) is 11.5 Å². The molecule has 0 aromatic carbocycles. The molecule has 0 saturated heterocycles. The molecule has 0 aliphatic heterocycles. The van der Waals surface area contributed by atoms with E-state index in [1.807, 2.05) is 0 Å². The van der Waals surface area contributed by atoms with Crippen molar-refractivity contribution in [3.63, 3.8) is 0 Å². The smallest absolute Gasteiger partial charge is 0.333 e. The minimum atomic E-state index is -0.684. The predicted molar refractivity (Wildman–Crippen MR) is 62.7 cm³/mol. The average Bonchev–Trinajstić information content (AvgIpc) is 2.49. The Balaban J connectivity index is 2.87. The molecule has 17 heavy (non-hydrogen) atoms. The van der Waals surface area contributed by atoms with Crippen LogP contribution in [0.4, 0.5) is 11.5 Å². The first-order valence-corrected chi connectivity index (χ1v) is 5.20. The summed E-state index contributed by atoms with van der Waals surface area (Å²) in [4.78, 5) is 10.4. The Hall–Kier alpha value is -1.67. The van der Waals surface area contributed by atoms with E-state index in [1.165, 1.54) is 4.68 Å². The zero-order chi connectivity index (χ0) is 13.2. The highest BCUT2D eigenvalue weighted by Crippen LogP contribution is 2.26. The zero-order valence-electron chi connectivity index (χ0n) is 10.0. The van der Waals surface area contributed by atoms with Gasteiger partial charge in [0.1, 0.15) is 5.69 Å². The van der Waals surface area contributed by atoms with Crippen LogP contribution >= 0.6 is 0 Å². The molecule has 0 bridgehead atoms. The van der Waals surface area contributed by atoms with Crippen LogP contribution in [0.3, 0.4) is 0 Å². The van der Waals surface area contributed by atoms with Crippen molar-refractivity contribution in [3.05, 3.63) is 15.8 Å². The van der Waals surface area contributed by atoms with E-state index in [9.17, 15) is 15.2 Å². The molecule has 0 radical (unpaired) electrons. The Morgan fingerprint density at radius 1 is 1.71 bits per heavy atom. The largest absolute Gasteiger partial charge is 0.392 e. The molecule has 1 aromatic heterocycles. The molecule has 2 atom stereocenters. The summed E-state index contributed by atoms with van der Waals surface area (Å²) in [5.74, 6) is 0.295. The highest BCUT2D eigenvalue weighted by atomic mass is 16.6. The fourth-order valence-electron chi connectivity index (χ4n) is 1.45. The molecule has 2 unspecified atom stereocenters. The van der Waals surface area contributed by atoms with Crippen molar-refractivity contribution in [1.82, 2.24) is 9.78 Å². The van der Waals surface area contributed by atoms with Gasteiger partial charge in [-0.2, -0.15) is 5.10 Å². The lowest BCUT2D eigenvalue weighted by Gasteiger charge is -2.15. The van der Waals surface area contributed by atoms with Gasteiger partial charge in [-0.1, -0.05) is 0 Å². The van der Waals surface area contributed by atoms with Gasteiger partial charge in [-0.25, -0.2) is 4.68 Å². The van der Waals surface area contributed by atoms with Gasteiger partial charge in [0.05, 0.1) is 11.0 Å². The van der Waals surface area contributed by atoms with E-state index in [2.05, 4.69) is 10.4 Å². The van der Waals surface area contributed by atoms with Crippen molar-refractivity contribution in [2.24, 2.45) is 12.8 Å². The second-order valence-corrected chi connectivity index (χ2v) is 3.95. The molecule has 1 heterocycles. The number of aromatic nitrogens is 2. The van der Waals surface area contributed by atoms with Gasteiger partial charge in [0.2, 0.25) is 5.82 Å². The molecule has 1 rings (SSSR count). The maximum absolute atomic E-state index is 10.9. The summed E-state index contributed by atoms with van der Waals surface area (Å²) in [6.45, 7) is 3.37. The van der Waals surface area contributed by atoms with Crippen LogP contribution in [0.5, 0.6) is 0 Å². The molecular weight excluding hydrogens is 226 g/mol. The second kappa shape index (κ2) is 5.11. The first-order valence-electron chi connectivity index (χ1n) is 5.20. The summed E-state index contributed by atoms with van der Waals surface area (Å²) in [6.07, 6.45) is -0.684. The van der Waals surface area contributed by atoms with E-state index >= 15 is 0 Å². The van der Waals surface area contributed by atoms with Crippen LogP contribution < -0.4 is 11.1 Å². The van der Waals surface area contributed by atoms with Gasteiger partial charge in [-0.05, 0) is 13.8 Å². The number of rotatable bonds is 5. The SMILES string of the molecule is Cc1nn(C)c(NCC(N)C(C)O)c1[N+](=O)[O-]. The Bertz CT molecular complexity index is 415. The fraction of sp³-hybridized carbons (Fsp3) is 0.667. The van der Waals surface area contributed by atoms with E-state index < -0.39 is 17.1 Å². The molecule has 8 nitrogen and oxygen atoms in total. The number of nitrogens with zero attached hydrogens (tertiary/aromatic N) is 3. The summed E-state index contributed by atoms with van der Waals surface area (Å²) in [6, 6.07) is -0.496. The van der Waals surface area contributed by atoms with Gasteiger partial charge in [0.25, 0.3) is 0 Å². The number of nitrogens with one attached hydrogen (secondary N) is 1. The second-order valence-electron chi connectivity index (χ2n) is 3.95. The van der Waals surface area contributed by atoms with E-state index in [1.54, 1.807) is 20.9 Å². The van der Waals surface area contributed by atoms with Gasteiger partial charge < -0.3 is 16.2 Å².